The van der Waals surface area contributed by atoms with Crippen molar-refractivity contribution in [3.8, 4) is 0 Å². The molecule has 3 aromatic rings. The van der Waals surface area contributed by atoms with Crippen LogP contribution >= 0.6 is 58.0 Å². The third-order valence-electron chi connectivity index (χ3n) is 4.88. The number of nitrogens with one attached hydrogen (secondary N) is 2. The maximum atomic E-state index is 13.3. The van der Waals surface area contributed by atoms with Crippen molar-refractivity contribution in [2.24, 2.45) is 4.99 Å². The fourth-order valence-corrected chi connectivity index (χ4v) is 4.54. The summed E-state index contributed by atoms with van der Waals surface area (Å²) in [4.78, 5) is 19.6. The molecule has 1 atom stereocenters. The van der Waals surface area contributed by atoms with Crippen LogP contribution in [0.1, 0.15) is 11.1 Å². The lowest BCUT2D eigenvalue weighted by Crippen LogP contribution is -2.47. The molecule has 4 rings (SSSR count). The molecule has 0 saturated heterocycles. The number of hydrogen-bond donors (Lipinski definition) is 2. The zero-order valence-corrected chi connectivity index (χ0v) is 21.3. The van der Waals surface area contributed by atoms with Crippen molar-refractivity contribution >= 4 is 86.1 Å². The summed E-state index contributed by atoms with van der Waals surface area (Å²) >= 11 is 20.5. The van der Waals surface area contributed by atoms with E-state index in [0.29, 0.717) is 32.6 Å². The first-order chi connectivity index (χ1) is 15.3. The van der Waals surface area contributed by atoms with Crippen molar-refractivity contribution in [2.75, 3.05) is 17.3 Å². The van der Waals surface area contributed by atoms with Gasteiger partial charge in [-0.05, 0) is 77.3 Å². The number of rotatable bonds is 3. The second kappa shape index (κ2) is 9.74. The molecule has 0 spiro atoms. The number of thiocarbonyl (C=S) groups is 1. The molecule has 0 aromatic heterocycles. The second-order valence-corrected chi connectivity index (χ2v) is 9.53. The molecule has 1 aliphatic rings. The summed E-state index contributed by atoms with van der Waals surface area (Å²) in [5, 5.41) is 7.49. The fraction of sp³-hybridized carbons (Fsp3) is 0.0870. The average molecular weight is 595 g/mol. The Morgan fingerprint density at radius 3 is 2.59 bits per heavy atom. The van der Waals surface area contributed by atoms with Gasteiger partial charge in [-0.25, -0.2) is 4.99 Å². The Bertz CT molecular complexity index is 1250. The number of anilines is 2. The Morgan fingerprint density at radius 2 is 1.84 bits per heavy atom. The van der Waals surface area contributed by atoms with E-state index >= 15 is 0 Å². The quantitative estimate of drug-likeness (QED) is 0.301. The highest BCUT2D eigenvalue weighted by atomic mass is 127. The van der Waals surface area contributed by atoms with Gasteiger partial charge in [0.25, 0.3) is 5.91 Å². The highest BCUT2D eigenvalue weighted by Crippen LogP contribution is 2.31. The van der Waals surface area contributed by atoms with E-state index in [1.54, 1.807) is 36.2 Å². The number of nitrogens with zero attached hydrogens (tertiary/aromatic N) is 2. The number of likely N-dealkylation sites (N-methyl/N-ethyl adjacent to an activating group) is 1. The van der Waals surface area contributed by atoms with Gasteiger partial charge in [0.1, 0.15) is 0 Å². The van der Waals surface area contributed by atoms with E-state index in [1.807, 2.05) is 42.5 Å². The van der Waals surface area contributed by atoms with Gasteiger partial charge < -0.3 is 15.5 Å². The molecule has 162 valence electrons. The molecule has 9 heteroatoms. The van der Waals surface area contributed by atoms with Crippen LogP contribution in [-0.2, 0) is 4.79 Å². The molecule has 0 radical (unpaired) electrons. The SMILES string of the molecule is CN1C(=O)C(NC(=S)Nc2cccc(I)c2)N=C(c2ccccc2Cl)c2cc(Cl)ccc21. The number of carbonyl (C=O) groups excluding carboxylic acids is 1. The van der Waals surface area contributed by atoms with Gasteiger partial charge in [0.15, 0.2) is 5.11 Å². The van der Waals surface area contributed by atoms with Gasteiger partial charge in [0.05, 0.1) is 11.4 Å². The summed E-state index contributed by atoms with van der Waals surface area (Å²) < 4.78 is 1.06. The van der Waals surface area contributed by atoms with Crippen LogP contribution in [-0.4, -0.2) is 29.9 Å². The zero-order chi connectivity index (χ0) is 22.8. The first-order valence-corrected chi connectivity index (χ1v) is 11.8. The molecule has 32 heavy (non-hydrogen) atoms. The van der Waals surface area contributed by atoms with Gasteiger partial charge in [0, 0.05) is 37.5 Å². The van der Waals surface area contributed by atoms with Gasteiger partial charge in [-0.3, -0.25) is 4.79 Å². The number of hydrogen-bond acceptors (Lipinski definition) is 3. The van der Waals surface area contributed by atoms with Crippen LogP contribution in [0.25, 0.3) is 0 Å². The van der Waals surface area contributed by atoms with E-state index in [9.17, 15) is 4.79 Å². The van der Waals surface area contributed by atoms with Gasteiger partial charge in [-0.1, -0.05) is 47.5 Å². The van der Waals surface area contributed by atoms with Gasteiger partial charge in [0.2, 0.25) is 6.17 Å². The van der Waals surface area contributed by atoms with Crippen LogP contribution in [0.3, 0.4) is 0 Å². The third-order valence-corrected chi connectivity index (χ3v) is 6.33. The van der Waals surface area contributed by atoms with Crippen molar-refractivity contribution in [2.45, 2.75) is 6.17 Å². The van der Waals surface area contributed by atoms with E-state index in [2.05, 4.69) is 33.2 Å². The molecular weight excluding hydrogens is 578 g/mol. The summed E-state index contributed by atoms with van der Waals surface area (Å²) in [6, 6.07) is 20.4. The first kappa shape index (κ1) is 23.0. The summed E-state index contributed by atoms with van der Waals surface area (Å²) in [7, 11) is 1.70. The molecule has 1 unspecified atom stereocenters. The lowest BCUT2D eigenvalue weighted by molar-refractivity contribution is -0.119. The van der Waals surface area contributed by atoms with Gasteiger partial charge in [-0.2, -0.15) is 0 Å². The number of halogens is 3. The predicted octanol–water partition coefficient (Wildman–Crippen LogP) is 5.72. The van der Waals surface area contributed by atoms with Crippen LogP contribution < -0.4 is 15.5 Å². The molecule has 2 N–H and O–H groups in total. The van der Waals surface area contributed by atoms with Crippen LogP contribution in [0, 0.1) is 3.57 Å². The maximum absolute atomic E-state index is 13.3. The van der Waals surface area contributed by atoms with Crippen LogP contribution in [0.2, 0.25) is 10.0 Å². The van der Waals surface area contributed by atoms with Crippen LogP contribution in [0.15, 0.2) is 71.7 Å². The lowest BCUT2D eigenvalue weighted by Gasteiger charge is -2.22. The largest absolute Gasteiger partial charge is 0.333 e. The number of amides is 1. The van der Waals surface area contributed by atoms with Crippen molar-refractivity contribution in [1.82, 2.24) is 5.32 Å². The molecule has 0 fully saturated rings. The molecule has 0 aliphatic carbocycles. The Hall–Kier alpha value is -2.20. The number of fused-ring (bicyclic) bond motifs is 1. The first-order valence-electron chi connectivity index (χ1n) is 9.57. The van der Waals surface area contributed by atoms with E-state index in [4.69, 9.17) is 40.4 Å². The predicted molar refractivity (Wildman–Crippen MR) is 144 cm³/mol. The topological polar surface area (TPSA) is 56.7 Å². The zero-order valence-electron chi connectivity index (χ0n) is 16.8. The van der Waals surface area contributed by atoms with E-state index in [-0.39, 0.29) is 11.0 Å². The minimum Gasteiger partial charge on any atom is -0.333 e. The molecule has 0 saturated carbocycles. The number of aliphatic imine (C=N–C) groups is 1. The maximum Gasteiger partial charge on any atom is 0.272 e. The normalized spacial score (nSPS) is 15.5. The van der Waals surface area contributed by atoms with E-state index in [1.165, 1.54) is 0 Å². The van der Waals surface area contributed by atoms with Crippen LogP contribution in [0.5, 0.6) is 0 Å². The lowest BCUT2D eigenvalue weighted by atomic mass is 10.00. The standard InChI is InChI=1S/C23H17Cl2IN4OS/c1-30-19-10-9-13(24)11-17(19)20(16-7-2-3-8-18(16)25)28-21(22(30)31)29-23(32)27-15-6-4-5-14(26)12-15/h2-12,21H,1H3,(H2,27,29,32). The Labute approximate surface area is 215 Å². The molecule has 3 aromatic carbocycles. The Morgan fingerprint density at radius 1 is 1.06 bits per heavy atom. The molecule has 1 aliphatic heterocycles. The average Bonchev–Trinajstić information content (AvgIpc) is 2.84. The number of benzodiazepines with no additional fused rings is 1. The molecule has 0 bridgehead atoms. The molecule has 1 heterocycles. The smallest absolute Gasteiger partial charge is 0.272 e. The molecular formula is C23H17Cl2IN4OS. The van der Waals surface area contributed by atoms with Crippen LogP contribution in [0.4, 0.5) is 11.4 Å². The Kier molecular flexibility index (Phi) is 6.99. The summed E-state index contributed by atoms with van der Waals surface area (Å²) in [5.41, 5.74) is 3.46. The molecule has 5 nitrogen and oxygen atoms in total. The second-order valence-electron chi connectivity index (χ2n) is 7.03. The summed E-state index contributed by atoms with van der Waals surface area (Å²) in [5.74, 6) is -0.262. The highest BCUT2D eigenvalue weighted by Gasteiger charge is 2.31. The van der Waals surface area contributed by atoms with Crippen molar-refractivity contribution in [3.05, 3.63) is 91.5 Å². The molecule has 1 amide bonds. The highest BCUT2D eigenvalue weighted by molar-refractivity contribution is 14.1. The number of benzene rings is 3. The summed E-state index contributed by atoms with van der Waals surface area (Å²) in [6.07, 6.45) is -0.958. The third kappa shape index (κ3) is 4.91. The monoisotopic (exact) mass is 594 g/mol. The fourth-order valence-electron chi connectivity index (χ4n) is 3.37. The summed E-state index contributed by atoms with van der Waals surface area (Å²) in [6.45, 7) is 0. The Balaban J connectivity index is 1.75. The van der Waals surface area contributed by atoms with E-state index < -0.39 is 6.17 Å². The van der Waals surface area contributed by atoms with Crippen molar-refractivity contribution in [3.63, 3.8) is 0 Å². The van der Waals surface area contributed by atoms with Gasteiger partial charge in [-0.15, -0.1) is 0 Å². The van der Waals surface area contributed by atoms with Crippen molar-refractivity contribution < 1.29 is 4.79 Å². The minimum atomic E-state index is -0.958. The minimum absolute atomic E-state index is 0.262. The van der Waals surface area contributed by atoms with Gasteiger partial charge >= 0.3 is 0 Å². The van der Waals surface area contributed by atoms with E-state index in [0.717, 1.165) is 9.26 Å². The van der Waals surface area contributed by atoms with Crippen molar-refractivity contribution in [1.29, 1.82) is 0 Å². The number of carbonyl (C=O) groups is 1.